The second kappa shape index (κ2) is 15.6. The number of ether oxygens (including phenoxy) is 2. The fourth-order valence-corrected chi connectivity index (χ4v) is 7.80. The Balaban J connectivity index is 0.970. The average molecular weight is 708 g/mol. The largest absolute Gasteiger partial charge is 0.392 e. The topological polar surface area (TPSA) is 82.6 Å². The van der Waals surface area contributed by atoms with Crippen molar-refractivity contribution >= 4 is 11.8 Å². The van der Waals surface area contributed by atoms with Crippen molar-refractivity contribution in [2.45, 2.75) is 45.1 Å². The van der Waals surface area contributed by atoms with Crippen LogP contribution >= 0.6 is 0 Å². The van der Waals surface area contributed by atoms with Crippen LogP contribution in [0.2, 0.25) is 0 Å². The summed E-state index contributed by atoms with van der Waals surface area (Å²) in [7, 11) is 0. The number of fused-ring (bicyclic) bond motifs is 1. The maximum Gasteiger partial charge on any atom is 0.261 e. The lowest BCUT2D eigenvalue weighted by Gasteiger charge is -2.44. The minimum atomic E-state index is -0.549. The molecule has 0 aromatic heterocycles. The van der Waals surface area contributed by atoms with Crippen LogP contribution < -0.4 is 0 Å². The molecule has 5 aromatic carbocycles. The molecule has 2 fully saturated rings. The Kier molecular flexibility index (Phi) is 10.3. The van der Waals surface area contributed by atoms with Gasteiger partial charge in [-0.15, -0.1) is 0 Å². The van der Waals surface area contributed by atoms with Gasteiger partial charge in [0.1, 0.15) is 0 Å². The van der Waals surface area contributed by atoms with Gasteiger partial charge < -0.3 is 14.6 Å². The predicted octanol–water partition coefficient (Wildman–Crippen LogP) is 7.25. The normalized spacial score (nSPS) is 22.3. The molecular formula is C45H45N3O5. The minimum Gasteiger partial charge on any atom is -0.392 e. The van der Waals surface area contributed by atoms with Gasteiger partial charge in [-0.25, -0.2) is 0 Å². The number of amides is 2. The summed E-state index contributed by atoms with van der Waals surface area (Å²) >= 11 is 0. The molecule has 270 valence electrons. The SMILES string of the molecule is CC1C(CN2CCN(Cc3ccccc3)CC2)OC(c2ccc(-c3cccc(CN4C(=O)c5ccccc5C4=O)c3)cc2)OC1c1ccc(CO)cc1. The number of piperazine rings is 1. The van der Waals surface area contributed by atoms with E-state index < -0.39 is 6.29 Å². The van der Waals surface area contributed by atoms with Crippen LogP contribution in [0.5, 0.6) is 0 Å². The first-order valence-electron chi connectivity index (χ1n) is 18.6. The van der Waals surface area contributed by atoms with Crippen molar-refractivity contribution in [1.82, 2.24) is 14.7 Å². The van der Waals surface area contributed by atoms with Crippen molar-refractivity contribution in [1.29, 1.82) is 0 Å². The molecule has 0 aliphatic carbocycles. The lowest BCUT2D eigenvalue weighted by atomic mass is 9.89. The quantitative estimate of drug-likeness (QED) is 0.153. The summed E-state index contributed by atoms with van der Waals surface area (Å²) in [5.74, 6) is -0.403. The first-order chi connectivity index (χ1) is 25.9. The van der Waals surface area contributed by atoms with Gasteiger partial charge >= 0.3 is 0 Å². The summed E-state index contributed by atoms with van der Waals surface area (Å²) in [6, 6.07) is 42.0. The Hall–Kier alpha value is -4.96. The molecule has 4 atom stereocenters. The van der Waals surface area contributed by atoms with Crippen LogP contribution in [-0.4, -0.2) is 70.4 Å². The maximum absolute atomic E-state index is 13.0. The fraction of sp³-hybridized carbons (Fsp3) is 0.289. The summed E-state index contributed by atoms with van der Waals surface area (Å²) in [5.41, 5.74) is 8.05. The molecular weight excluding hydrogens is 663 g/mol. The summed E-state index contributed by atoms with van der Waals surface area (Å²) in [4.78, 5) is 32.4. The Morgan fingerprint density at radius 1 is 0.604 bits per heavy atom. The van der Waals surface area contributed by atoms with Gasteiger partial charge in [0, 0.05) is 50.7 Å². The highest BCUT2D eigenvalue weighted by Gasteiger charge is 2.40. The highest BCUT2D eigenvalue weighted by molar-refractivity contribution is 6.21. The van der Waals surface area contributed by atoms with Gasteiger partial charge in [-0.2, -0.15) is 0 Å². The third kappa shape index (κ3) is 7.60. The van der Waals surface area contributed by atoms with Crippen molar-refractivity contribution < 1.29 is 24.2 Å². The minimum absolute atomic E-state index is 0.00396. The molecule has 1 N–H and O–H groups in total. The van der Waals surface area contributed by atoms with E-state index in [1.165, 1.54) is 10.5 Å². The first kappa shape index (κ1) is 35.1. The molecule has 8 heteroatoms. The van der Waals surface area contributed by atoms with E-state index in [4.69, 9.17) is 9.47 Å². The monoisotopic (exact) mass is 707 g/mol. The standard InChI is InChI=1S/C45H45N3O5/c1-31-41(29-47-24-22-46(23-25-47)27-32-8-3-2-4-9-32)52-45(53-42(31)36-16-14-33(30-49)15-17-36)37-20-18-35(19-21-37)38-11-7-10-34(26-38)28-48-43(50)39-12-5-6-13-40(39)44(48)51/h2-21,26,31,41-42,45,49H,22-25,27-30H2,1H3. The molecule has 5 aromatic rings. The van der Waals surface area contributed by atoms with Crippen LogP contribution in [0, 0.1) is 5.92 Å². The predicted molar refractivity (Wildman–Crippen MR) is 204 cm³/mol. The van der Waals surface area contributed by atoms with E-state index in [1.807, 2.05) is 36.4 Å². The molecule has 8 rings (SSSR count). The van der Waals surface area contributed by atoms with Gasteiger partial charge in [0.05, 0.1) is 36.5 Å². The van der Waals surface area contributed by atoms with Crippen molar-refractivity contribution in [3.63, 3.8) is 0 Å². The molecule has 3 heterocycles. The zero-order valence-electron chi connectivity index (χ0n) is 30.0. The smallest absolute Gasteiger partial charge is 0.261 e. The van der Waals surface area contributed by atoms with Crippen molar-refractivity contribution in [3.8, 4) is 11.1 Å². The number of hydrogen-bond acceptors (Lipinski definition) is 7. The summed E-state index contributed by atoms with van der Waals surface area (Å²) in [6.45, 7) is 8.24. The van der Waals surface area contributed by atoms with E-state index in [-0.39, 0.29) is 43.1 Å². The second-order valence-electron chi connectivity index (χ2n) is 14.4. The van der Waals surface area contributed by atoms with Gasteiger partial charge in [-0.1, -0.05) is 116 Å². The molecule has 4 unspecified atom stereocenters. The van der Waals surface area contributed by atoms with Crippen LogP contribution in [0.3, 0.4) is 0 Å². The van der Waals surface area contributed by atoms with Crippen molar-refractivity contribution in [2.75, 3.05) is 32.7 Å². The summed E-state index contributed by atoms with van der Waals surface area (Å²) in [5, 5.41) is 9.66. The number of carbonyl (C=O) groups is 2. The lowest BCUT2D eigenvalue weighted by molar-refractivity contribution is -0.276. The van der Waals surface area contributed by atoms with E-state index in [1.54, 1.807) is 24.3 Å². The van der Waals surface area contributed by atoms with Crippen molar-refractivity contribution in [3.05, 3.63) is 166 Å². The Morgan fingerprint density at radius 3 is 1.91 bits per heavy atom. The number of benzene rings is 5. The number of aliphatic hydroxyl groups is 1. The molecule has 0 radical (unpaired) electrons. The highest BCUT2D eigenvalue weighted by atomic mass is 16.7. The van der Waals surface area contributed by atoms with Gasteiger partial charge in [-0.3, -0.25) is 24.3 Å². The highest BCUT2D eigenvalue weighted by Crippen LogP contribution is 2.42. The second-order valence-corrected chi connectivity index (χ2v) is 14.4. The molecule has 2 saturated heterocycles. The zero-order valence-corrected chi connectivity index (χ0v) is 30.0. The summed E-state index contributed by atoms with van der Waals surface area (Å²) < 4.78 is 13.6. The van der Waals surface area contributed by atoms with Crippen LogP contribution in [0.25, 0.3) is 11.1 Å². The zero-order chi connectivity index (χ0) is 36.3. The number of carbonyl (C=O) groups excluding carboxylic acids is 2. The molecule has 3 aliphatic heterocycles. The van der Waals surface area contributed by atoms with Crippen LogP contribution in [0.15, 0.2) is 127 Å². The van der Waals surface area contributed by atoms with Gasteiger partial charge in [-0.05, 0) is 51.6 Å². The van der Waals surface area contributed by atoms with E-state index in [9.17, 15) is 14.7 Å². The number of nitrogens with zero attached hydrogens (tertiary/aromatic N) is 3. The van der Waals surface area contributed by atoms with Crippen LogP contribution in [-0.2, 0) is 29.2 Å². The Bertz CT molecular complexity index is 2010. The molecule has 0 bridgehead atoms. The van der Waals surface area contributed by atoms with E-state index in [0.717, 1.165) is 72.6 Å². The molecule has 3 aliphatic rings. The number of imide groups is 1. The van der Waals surface area contributed by atoms with Gasteiger partial charge in [0.15, 0.2) is 6.29 Å². The third-order valence-electron chi connectivity index (χ3n) is 10.9. The number of hydrogen-bond donors (Lipinski definition) is 1. The fourth-order valence-electron chi connectivity index (χ4n) is 7.80. The number of rotatable bonds is 10. The van der Waals surface area contributed by atoms with Crippen LogP contribution in [0.4, 0.5) is 0 Å². The first-order valence-corrected chi connectivity index (χ1v) is 18.6. The maximum atomic E-state index is 13.0. The third-order valence-corrected chi connectivity index (χ3v) is 10.9. The lowest BCUT2D eigenvalue weighted by Crippen LogP contribution is -2.51. The molecule has 0 spiro atoms. The number of aliphatic hydroxyl groups excluding tert-OH is 1. The van der Waals surface area contributed by atoms with E-state index in [2.05, 4.69) is 83.5 Å². The summed E-state index contributed by atoms with van der Waals surface area (Å²) in [6.07, 6.45) is -0.771. The average Bonchev–Trinajstić information content (AvgIpc) is 3.44. The van der Waals surface area contributed by atoms with Crippen molar-refractivity contribution in [2.24, 2.45) is 5.92 Å². The molecule has 0 saturated carbocycles. The Morgan fingerprint density at radius 2 is 1.23 bits per heavy atom. The van der Waals surface area contributed by atoms with Gasteiger partial charge in [0.25, 0.3) is 11.8 Å². The molecule has 53 heavy (non-hydrogen) atoms. The molecule has 8 nitrogen and oxygen atoms in total. The van der Waals surface area contributed by atoms with E-state index >= 15 is 0 Å². The molecule has 2 amide bonds. The van der Waals surface area contributed by atoms with Gasteiger partial charge in [0.2, 0.25) is 0 Å². The van der Waals surface area contributed by atoms with Crippen LogP contribution in [0.1, 0.15) is 67.9 Å². The Labute approximate surface area is 311 Å². The van der Waals surface area contributed by atoms with E-state index in [0.29, 0.717) is 11.1 Å².